The van der Waals surface area contributed by atoms with Gasteiger partial charge in [0.15, 0.2) is 6.10 Å². The van der Waals surface area contributed by atoms with E-state index in [-0.39, 0.29) is 31.1 Å². The van der Waals surface area contributed by atoms with Crippen LogP contribution in [-0.2, 0) is 28.6 Å². The van der Waals surface area contributed by atoms with Crippen molar-refractivity contribution < 1.29 is 28.6 Å². The third-order valence-electron chi connectivity index (χ3n) is 11.5. The van der Waals surface area contributed by atoms with Crippen molar-refractivity contribution in [1.29, 1.82) is 0 Å². The highest BCUT2D eigenvalue weighted by molar-refractivity contribution is 5.71. The van der Waals surface area contributed by atoms with Crippen molar-refractivity contribution in [3.8, 4) is 0 Å². The number of ether oxygens (including phenoxy) is 3. The summed E-state index contributed by atoms with van der Waals surface area (Å²) >= 11 is 0. The lowest BCUT2D eigenvalue weighted by atomic mass is 10.0. The number of esters is 3. The van der Waals surface area contributed by atoms with Crippen LogP contribution >= 0.6 is 0 Å². The summed E-state index contributed by atoms with van der Waals surface area (Å²) in [5.41, 5.74) is 0. The van der Waals surface area contributed by atoms with Gasteiger partial charge in [0.2, 0.25) is 0 Å². The zero-order valence-corrected chi connectivity index (χ0v) is 41.6. The molecule has 0 aliphatic carbocycles. The Bertz CT molecular complexity index is 1150. The number of carbonyl (C=O) groups excluding carboxylic acids is 3. The van der Waals surface area contributed by atoms with E-state index in [1.165, 1.54) is 116 Å². The maximum Gasteiger partial charge on any atom is 0.306 e. The summed E-state index contributed by atoms with van der Waals surface area (Å²) in [5.74, 6) is -0.928. The molecule has 1 atom stereocenters. The van der Waals surface area contributed by atoms with E-state index in [4.69, 9.17) is 14.2 Å². The highest BCUT2D eigenvalue weighted by atomic mass is 16.6. The van der Waals surface area contributed by atoms with Crippen LogP contribution in [0.15, 0.2) is 60.8 Å². The minimum Gasteiger partial charge on any atom is -0.462 e. The predicted molar refractivity (Wildman–Crippen MR) is 270 cm³/mol. The zero-order valence-electron chi connectivity index (χ0n) is 41.6. The van der Waals surface area contributed by atoms with Crippen molar-refractivity contribution in [2.45, 2.75) is 271 Å². The Labute approximate surface area is 390 Å². The van der Waals surface area contributed by atoms with Crippen molar-refractivity contribution in [3.63, 3.8) is 0 Å². The summed E-state index contributed by atoms with van der Waals surface area (Å²) in [6, 6.07) is 0. The Morgan fingerprint density at radius 3 is 1.05 bits per heavy atom. The lowest BCUT2D eigenvalue weighted by Crippen LogP contribution is -2.30. The van der Waals surface area contributed by atoms with Crippen LogP contribution in [0, 0.1) is 0 Å². The van der Waals surface area contributed by atoms with Crippen LogP contribution in [-0.4, -0.2) is 37.2 Å². The Kier molecular flexibility index (Phi) is 49.4. The van der Waals surface area contributed by atoms with Crippen LogP contribution in [0.2, 0.25) is 0 Å². The molecule has 0 aliphatic rings. The summed E-state index contributed by atoms with van der Waals surface area (Å²) in [6.07, 6.45) is 63.6. The van der Waals surface area contributed by atoms with Crippen LogP contribution in [0.5, 0.6) is 0 Å². The fourth-order valence-electron chi connectivity index (χ4n) is 7.47. The summed E-state index contributed by atoms with van der Waals surface area (Å²) in [4.78, 5) is 37.9. The van der Waals surface area contributed by atoms with E-state index in [2.05, 4.69) is 81.5 Å². The number of rotatable bonds is 48. The van der Waals surface area contributed by atoms with Crippen LogP contribution in [0.1, 0.15) is 265 Å². The van der Waals surface area contributed by atoms with Crippen LogP contribution in [0.4, 0.5) is 0 Å². The van der Waals surface area contributed by atoms with Gasteiger partial charge in [0.25, 0.3) is 0 Å². The molecule has 0 bridgehead atoms. The van der Waals surface area contributed by atoms with E-state index < -0.39 is 6.10 Å². The zero-order chi connectivity index (χ0) is 45.8. The van der Waals surface area contributed by atoms with Crippen LogP contribution < -0.4 is 0 Å². The van der Waals surface area contributed by atoms with Gasteiger partial charge in [0, 0.05) is 19.3 Å². The molecule has 0 aromatic carbocycles. The summed E-state index contributed by atoms with van der Waals surface area (Å²) in [6.45, 7) is 6.46. The molecule has 0 fully saturated rings. The molecule has 63 heavy (non-hydrogen) atoms. The quantitative estimate of drug-likeness (QED) is 0.0262. The number of allylic oxidation sites excluding steroid dienone is 10. The molecule has 364 valence electrons. The molecule has 0 saturated heterocycles. The topological polar surface area (TPSA) is 78.9 Å². The van der Waals surface area contributed by atoms with E-state index in [0.717, 1.165) is 109 Å². The molecule has 6 heteroatoms. The van der Waals surface area contributed by atoms with Gasteiger partial charge in [-0.15, -0.1) is 0 Å². The Hall–Kier alpha value is -2.89. The monoisotopic (exact) mass is 881 g/mol. The van der Waals surface area contributed by atoms with Crippen molar-refractivity contribution in [2.75, 3.05) is 13.2 Å². The van der Waals surface area contributed by atoms with Gasteiger partial charge in [-0.3, -0.25) is 14.4 Å². The molecule has 0 aromatic rings. The predicted octanol–water partition coefficient (Wildman–Crippen LogP) is 17.6. The standard InChI is InChI=1S/C57H100O6/c1-4-7-10-13-16-19-22-24-26-28-29-30-32-33-35-38-41-44-47-50-56(59)62-53-54(52-61-55(58)49-46-43-40-37-21-18-15-12-9-6-3)63-57(60)51-48-45-42-39-36-34-31-27-25-23-20-17-14-11-8-5-2/h8,11,15,17-18,20,25,27,34,36,54H,4-7,9-10,12-14,16,19,21-24,26,28-33,35,37-53H2,1-3H3/b11-8-,18-15-,20-17-,27-25-,36-34-. The van der Waals surface area contributed by atoms with E-state index in [9.17, 15) is 14.4 Å². The van der Waals surface area contributed by atoms with Crippen molar-refractivity contribution in [3.05, 3.63) is 60.8 Å². The highest BCUT2D eigenvalue weighted by Crippen LogP contribution is 2.16. The van der Waals surface area contributed by atoms with Gasteiger partial charge in [-0.25, -0.2) is 0 Å². The molecular weight excluding hydrogens is 781 g/mol. The van der Waals surface area contributed by atoms with Gasteiger partial charge in [0.05, 0.1) is 0 Å². The van der Waals surface area contributed by atoms with Gasteiger partial charge in [-0.1, -0.05) is 229 Å². The van der Waals surface area contributed by atoms with Gasteiger partial charge >= 0.3 is 17.9 Å². The minimum absolute atomic E-state index is 0.0887. The first-order chi connectivity index (χ1) is 31.0. The average molecular weight is 881 g/mol. The number of carbonyl (C=O) groups is 3. The first-order valence-electron chi connectivity index (χ1n) is 26.8. The normalized spacial score (nSPS) is 12.5. The SMILES string of the molecule is CC/C=C\C/C=C\C/C=C\C/C=C\CCCCCC(=O)OC(COC(=O)CCCCCC/C=C\CCCC)COC(=O)CCCCCCCCCCCCCCCCCCCCC. The molecule has 0 heterocycles. The molecular formula is C57H100O6. The van der Waals surface area contributed by atoms with E-state index in [1.807, 2.05) is 0 Å². The van der Waals surface area contributed by atoms with E-state index in [1.54, 1.807) is 0 Å². The Morgan fingerprint density at radius 2 is 0.635 bits per heavy atom. The lowest BCUT2D eigenvalue weighted by molar-refractivity contribution is -0.167. The lowest BCUT2D eigenvalue weighted by Gasteiger charge is -2.18. The summed E-state index contributed by atoms with van der Waals surface area (Å²) < 4.78 is 16.8. The molecule has 0 aromatic heterocycles. The van der Waals surface area contributed by atoms with Crippen LogP contribution in [0.25, 0.3) is 0 Å². The third kappa shape index (κ3) is 50.0. The number of unbranched alkanes of at least 4 members (excludes halogenated alkanes) is 27. The first kappa shape index (κ1) is 60.1. The highest BCUT2D eigenvalue weighted by Gasteiger charge is 2.19. The fourth-order valence-corrected chi connectivity index (χ4v) is 7.47. The number of hydrogen-bond acceptors (Lipinski definition) is 6. The van der Waals surface area contributed by atoms with Crippen molar-refractivity contribution in [2.24, 2.45) is 0 Å². The van der Waals surface area contributed by atoms with Gasteiger partial charge in [-0.05, 0) is 77.0 Å². The minimum atomic E-state index is -0.792. The smallest absolute Gasteiger partial charge is 0.306 e. The molecule has 0 rings (SSSR count). The maximum absolute atomic E-state index is 12.8. The van der Waals surface area contributed by atoms with Crippen molar-refractivity contribution in [1.82, 2.24) is 0 Å². The fraction of sp³-hybridized carbons (Fsp3) is 0.772. The maximum atomic E-state index is 12.8. The second kappa shape index (κ2) is 51.7. The average Bonchev–Trinajstić information content (AvgIpc) is 3.28. The summed E-state index contributed by atoms with van der Waals surface area (Å²) in [7, 11) is 0. The van der Waals surface area contributed by atoms with E-state index in [0.29, 0.717) is 19.3 Å². The molecule has 0 radical (unpaired) electrons. The van der Waals surface area contributed by atoms with Gasteiger partial charge < -0.3 is 14.2 Å². The van der Waals surface area contributed by atoms with E-state index >= 15 is 0 Å². The Balaban J connectivity index is 4.35. The molecule has 6 nitrogen and oxygen atoms in total. The van der Waals surface area contributed by atoms with Crippen LogP contribution in [0.3, 0.4) is 0 Å². The molecule has 0 aliphatic heterocycles. The Morgan fingerprint density at radius 1 is 0.333 bits per heavy atom. The first-order valence-corrected chi connectivity index (χ1v) is 26.8. The van der Waals surface area contributed by atoms with Gasteiger partial charge in [0.1, 0.15) is 13.2 Å². The molecule has 1 unspecified atom stereocenters. The molecule has 0 spiro atoms. The summed E-state index contributed by atoms with van der Waals surface area (Å²) in [5, 5.41) is 0. The second-order valence-electron chi connectivity index (χ2n) is 17.8. The molecule has 0 N–H and O–H groups in total. The third-order valence-corrected chi connectivity index (χ3v) is 11.5. The largest absolute Gasteiger partial charge is 0.462 e. The molecule has 0 amide bonds. The van der Waals surface area contributed by atoms with Crippen molar-refractivity contribution >= 4 is 17.9 Å². The number of hydrogen-bond donors (Lipinski definition) is 0. The van der Waals surface area contributed by atoms with Gasteiger partial charge in [-0.2, -0.15) is 0 Å². The molecule has 0 saturated carbocycles. The second-order valence-corrected chi connectivity index (χ2v) is 17.8.